The van der Waals surface area contributed by atoms with E-state index in [4.69, 9.17) is 5.73 Å². The van der Waals surface area contributed by atoms with E-state index in [-0.39, 0.29) is 11.5 Å². The fourth-order valence-corrected chi connectivity index (χ4v) is 2.95. The van der Waals surface area contributed by atoms with Gasteiger partial charge in [0.2, 0.25) is 0 Å². The molecule has 6 nitrogen and oxygen atoms in total. The third-order valence-corrected chi connectivity index (χ3v) is 4.25. The fraction of sp³-hybridized carbons (Fsp3) is 0.889. The van der Waals surface area contributed by atoms with Gasteiger partial charge in [-0.3, -0.25) is 9.69 Å². The average Bonchev–Trinajstić information content (AvgIpc) is 2.20. The van der Waals surface area contributed by atoms with Gasteiger partial charge in [0.05, 0.1) is 18.6 Å². The molecule has 0 spiro atoms. The number of nitrogens with two attached hydrogens (primary N) is 1. The molecule has 1 saturated heterocycles. The monoisotopic (exact) mass is 250 g/mol. The lowest BCUT2D eigenvalue weighted by Crippen LogP contribution is -2.56. The highest BCUT2D eigenvalue weighted by molar-refractivity contribution is 7.91. The highest BCUT2D eigenvalue weighted by atomic mass is 32.2. The second-order valence-corrected chi connectivity index (χ2v) is 6.64. The van der Waals surface area contributed by atoms with E-state index in [9.17, 15) is 13.2 Å². The lowest BCUT2D eigenvalue weighted by molar-refractivity contribution is -0.147. The number of methoxy groups -OCH3 is 1. The third-order valence-electron chi connectivity index (χ3n) is 2.64. The number of carbonyl (C=O) groups excluding carboxylic acids is 1. The van der Waals surface area contributed by atoms with Crippen molar-refractivity contribution in [3.8, 4) is 0 Å². The molecule has 1 heterocycles. The van der Waals surface area contributed by atoms with Gasteiger partial charge in [0.25, 0.3) is 0 Å². The van der Waals surface area contributed by atoms with Crippen LogP contribution in [0.3, 0.4) is 0 Å². The molecule has 0 amide bonds. The highest BCUT2D eigenvalue weighted by Gasteiger charge is 2.33. The van der Waals surface area contributed by atoms with E-state index < -0.39 is 21.3 Å². The van der Waals surface area contributed by atoms with Crippen molar-refractivity contribution in [2.24, 2.45) is 5.73 Å². The molecule has 0 saturated carbocycles. The molecule has 94 valence electrons. The molecular weight excluding hydrogens is 232 g/mol. The summed E-state index contributed by atoms with van der Waals surface area (Å²) in [4.78, 5) is 13.2. The topological polar surface area (TPSA) is 89.7 Å². The summed E-state index contributed by atoms with van der Waals surface area (Å²) >= 11 is 0. The lowest BCUT2D eigenvalue weighted by Gasteiger charge is -2.32. The van der Waals surface area contributed by atoms with Gasteiger partial charge in [0.15, 0.2) is 9.84 Å². The Labute approximate surface area is 95.7 Å². The Balaban J connectivity index is 2.54. The number of rotatable bonds is 3. The number of hydrogen-bond acceptors (Lipinski definition) is 6. The zero-order chi connectivity index (χ0) is 12.4. The van der Waals surface area contributed by atoms with Crippen molar-refractivity contribution in [1.29, 1.82) is 0 Å². The van der Waals surface area contributed by atoms with E-state index in [1.54, 1.807) is 6.92 Å². The molecule has 0 aromatic rings. The quantitative estimate of drug-likeness (QED) is 0.620. The van der Waals surface area contributed by atoms with Crippen LogP contribution in [-0.2, 0) is 19.4 Å². The van der Waals surface area contributed by atoms with Gasteiger partial charge >= 0.3 is 5.97 Å². The zero-order valence-electron chi connectivity index (χ0n) is 9.60. The maximum atomic E-state index is 11.3. The van der Waals surface area contributed by atoms with Crippen molar-refractivity contribution in [1.82, 2.24) is 4.90 Å². The summed E-state index contributed by atoms with van der Waals surface area (Å²) in [6.45, 7) is 2.75. The number of esters is 1. The molecule has 0 aromatic heterocycles. The van der Waals surface area contributed by atoms with Crippen LogP contribution in [0, 0.1) is 0 Å². The van der Waals surface area contributed by atoms with E-state index in [1.165, 1.54) is 7.11 Å². The molecule has 7 heteroatoms. The van der Waals surface area contributed by atoms with Crippen molar-refractivity contribution < 1.29 is 17.9 Å². The van der Waals surface area contributed by atoms with Crippen LogP contribution in [0.5, 0.6) is 0 Å². The Bertz CT molecular complexity index is 350. The first kappa shape index (κ1) is 13.4. The van der Waals surface area contributed by atoms with Crippen LogP contribution < -0.4 is 5.73 Å². The number of nitrogens with zero attached hydrogens (tertiary/aromatic N) is 1. The van der Waals surface area contributed by atoms with Gasteiger partial charge in [-0.25, -0.2) is 8.42 Å². The van der Waals surface area contributed by atoms with Gasteiger partial charge < -0.3 is 10.5 Å². The van der Waals surface area contributed by atoms with Crippen molar-refractivity contribution in [3.63, 3.8) is 0 Å². The normalized spacial score (nSPS) is 24.7. The summed E-state index contributed by atoms with van der Waals surface area (Å²) < 4.78 is 27.0. The Morgan fingerprint density at radius 1 is 1.44 bits per heavy atom. The molecule has 0 aromatic carbocycles. The van der Waals surface area contributed by atoms with E-state index in [1.807, 2.05) is 4.90 Å². The van der Waals surface area contributed by atoms with Gasteiger partial charge in [-0.1, -0.05) is 0 Å². The van der Waals surface area contributed by atoms with Crippen molar-refractivity contribution in [2.75, 3.05) is 38.2 Å². The van der Waals surface area contributed by atoms with E-state index in [0.717, 1.165) is 0 Å². The molecule has 16 heavy (non-hydrogen) atoms. The highest BCUT2D eigenvalue weighted by Crippen LogP contribution is 2.09. The second kappa shape index (κ2) is 4.68. The van der Waals surface area contributed by atoms with Gasteiger partial charge in [0, 0.05) is 19.6 Å². The van der Waals surface area contributed by atoms with E-state index in [0.29, 0.717) is 19.6 Å². The SMILES string of the molecule is COC(=O)C(C)(N)CN1CCS(=O)(=O)CC1. The minimum Gasteiger partial charge on any atom is -0.468 e. The first-order chi connectivity index (χ1) is 7.27. The van der Waals surface area contributed by atoms with Crippen molar-refractivity contribution in [2.45, 2.75) is 12.5 Å². The standard InChI is InChI=1S/C9H18N2O4S/c1-9(10,8(12)15-2)7-11-3-5-16(13,14)6-4-11/h3-7,10H2,1-2H3. The summed E-state index contributed by atoms with van der Waals surface area (Å²) in [5, 5.41) is 0. The molecule has 1 unspecified atom stereocenters. The first-order valence-corrected chi connectivity index (χ1v) is 6.89. The van der Waals surface area contributed by atoms with Crippen molar-refractivity contribution in [3.05, 3.63) is 0 Å². The lowest BCUT2D eigenvalue weighted by atomic mass is 10.0. The molecule has 1 rings (SSSR count). The maximum absolute atomic E-state index is 11.3. The van der Waals surface area contributed by atoms with Gasteiger partial charge in [0.1, 0.15) is 5.54 Å². The zero-order valence-corrected chi connectivity index (χ0v) is 10.4. The molecule has 1 aliphatic heterocycles. The summed E-state index contributed by atoms with van der Waals surface area (Å²) in [5.41, 5.74) is 4.72. The van der Waals surface area contributed by atoms with Crippen LogP contribution in [0.4, 0.5) is 0 Å². The number of ether oxygens (including phenoxy) is 1. The van der Waals surface area contributed by atoms with Crippen LogP contribution in [0.15, 0.2) is 0 Å². The van der Waals surface area contributed by atoms with Crippen LogP contribution in [0.2, 0.25) is 0 Å². The molecule has 2 N–H and O–H groups in total. The van der Waals surface area contributed by atoms with Gasteiger partial charge in [-0.2, -0.15) is 0 Å². The third kappa shape index (κ3) is 3.43. The molecule has 1 fully saturated rings. The number of carbonyl (C=O) groups is 1. The Morgan fingerprint density at radius 3 is 2.38 bits per heavy atom. The predicted octanol–water partition coefficient (Wildman–Crippen LogP) is -1.39. The summed E-state index contributed by atoms with van der Waals surface area (Å²) in [6, 6.07) is 0. The summed E-state index contributed by atoms with van der Waals surface area (Å²) in [5.74, 6) is -0.227. The summed E-state index contributed by atoms with van der Waals surface area (Å²) in [6.07, 6.45) is 0. The fourth-order valence-electron chi connectivity index (χ4n) is 1.67. The molecule has 0 bridgehead atoms. The molecule has 0 radical (unpaired) electrons. The Hall–Kier alpha value is -0.660. The van der Waals surface area contributed by atoms with Crippen LogP contribution >= 0.6 is 0 Å². The second-order valence-electron chi connectivity index (χ2n) is 4.34. The largest absolute Gasteiger partial charge is 0.468 e. The summed E-state index contributed by atoms with van der Waals surface area (Å²) in [7, 11) is -1.61. The molecule has 1 atom stereocenters. The maximum Gasteiger partial charge on any atom is 0.326 e. The van der Waals surface area contributed by atoms with Crippen LogP contribution in [-0.4, -0.2) is 63.1 Å². The van der Waals surface area contributed by atoms with Crippen LogP contribution in [0.25, 0.3) is 0 Å². The van der Waals surface area contributed by atoms with Crippen molar-refractivity contribution >= 4 is 15.8 Å². The Kier molecular flexibility index (Phi) is 3.92. The number of hydrogen-bond donors (Lipinski definition) is 1. The molecule has 1 aliphatic rings. The van der Waals surface area contributed by atoms with Gasteiger partial charge in [-0.05, 0) is 6.92 Å². The molecule has 0 aliphatic carbocycles. The Morgan fingerprint density at radius 2 is 1.94 bits per heavy atom. The molecular formula is C9H18N2O4S. The smallest absolute Gasteiger partial charge is 0.326 e. The predicted molar refractivity (Wildman–Crippen MR) is 59.7 cm³/mol. The number of sulfone groups is 1. The van der Waals surface area contributed by atoms with Crippen LogP contribution in [0.1, 0.15) is 6.92 Å². The van der Waals surface area contributed by atoms with Gasteiger partial charge in [-0.15, -0.1) is 0 Å². The first-order valence-electron chi connectivity index (χ1n) is 5.07. The average molecular weight is 250 g/mol. The van der Waals surface area contributed by atoms with E-state index >= 15 is 0 Å². The minimum atomic E-state index is -2.90. The minimum absolute atomic E-state index is 0.129. The van der Waals surface area contributed by atoms with E-state index in [2.05, 4.69) is 4.74 Å².